The van der Waals surface area contributed by atoms with Crippen molar-refractivity contribution in [2.24, 2.45) is 0 Å². The van der Waals surface area contributed by atoms with Crippen LogP contribution in [-0.4, -0.2) is 22.6 Å². The maximum atomic E-state index is 4.42. The summed E-state index contributed by atoms with van der Waals surface area (Å²) in [6.45, 7) is 9.95. The molecule has 1 aliphatic heterocycles. The average Bonchev–Trinajstić information content (AvgIpc) is 2.99. The first-order valence-electron chi connectivity index (χ1n) is 7.36. The molecular formula is C16H23N3S. The minimum atomic E-state index is 0.267. The molecule has 0 radical (unpaired) electrons. The monoisotopic (exact) mass is 289 g/mol. The number of aryl methyl sites for hydroxylation is 2. The van der Waals surface area contributed by atoms with Crippen LogP contribution in [0.2, 0.25) is 0 Å². The smallest absolute Gasteiger partial charge is 0.0951 e. The normalized spacial score (nSPS) is 18.4. The number of piperidine rings is 1. The van der Waals surface area contributed by atoms with Gasteiger partial charge in [-0.2, -0.15) is 0 Å². The zero-order chi connectivity index (χ0) is 14.2. The van der Waals surface area contributed by atoms with Crippen molar-refractivity contribution in [2.45, 2.75) is 45.6 Å². The summed E-state index contributed by atoms with van der Waals surface area (Å²) in [4.78, 5) is 7.27. The number of aromatic nitrogens is 2. The Bertz CT molecular complexity index is 571. The molecule has 0 atom stereocenters. The number of imidazole rings is 1. The predicted octanol–water partition coefficient (Wildman–Crippen LogP) is 3.25. The summed E-state index contributed by atoms with van der Waals surface area (Å²) in [6.07, 6.45) is 6.45. The largest absolute Gasteiger partial charge is 0.329 e. The second-order valence-corrected chi connectivity index (χ2v) is 7.51. The number of hydrogen-bond acceptors (Lipinski definition) is 3. The van der Waals surface area contributed by atoms with Crippen LogP contribution < -0.4 is 5.32 Å². The van der Waals surface area contributed by atoms with E-state index in [1.54, 1.807) is 0 Å². The summed E-state index contributed by atoms with van der Waals surface area (Å²) in [7, 11) is 0. The molecule has 3 nitrogen and oxygen atoms in total. The van der Waals surface area contributed by atoms with Gasteiger partial charge in [-0.05, 0) is 51.4 Å². The van der Waals surface area contributed by atoms with Gasteiger partial charge in [-0.1, -0.05) is 6.92 Å². The van der Waals surface area contributed by atoms with Gasteiger partial charge in [-0.15, -0.1) is 11.3 Å². The third kappa shape index (κ3) is 2.54. The fourth-order valence-electron chi connectivity index (χ4n) is 3.08. The van der Waals surface area contributed by atoms with Gasteiger partial charge in [-0.25, -0.2) is 4.98 Å². The van der Waals surface area contributed by atoms with Crippen LogP contribution in [0.25, 0.3) is 0 Å². The Hall–Kier alpha value is -1.13. The van der Waals surface area contributed by atoms with Crippen LogP contribution in [0.3, 0.4) is 0 Å². The molecule has 108 valence electrons. The molecule has 2 aromatic heterocycles. The minimum Gasteiger partial charge on any atom is -0.329 e. The van der Waals surface area contributed by atoms with Crippen molar-refractivity contribution >= 4 is 11.3 Å². The van der Waals surface area contributed by atoms with E-state index >= 15 is 0 Å². The molecular weight excluding hydrogens is 266 g/mol. The van der Waals surface area contributed by atoms with Crippen molar-refractivity contribution in [1.29, 1.82) is 0 Å². The van der Waals surface area contributed by atoms with E-state index in [0.29, 0.717) is 0 Å². The number of rotatable bonds is 3. The number of nitrogens with one attached hydrogen (secondary N) is 1. The quantitative estimate of drug-likeness (QED) is 0.940. The van der Waals surface area contributed by atoms with E-state index < -0.39 is 0 Å². The zero-order valence-corrected chi connectivity index (χ0v) is 13.4. The molecule has 0 unspecified atom stereocenters. The maximum Gasteiger partial charge on any atom is 0.0951 e. The lowest BCUT2D eigenvalue weighted by Gasteiger charge is -2.34. The van der Waals surface area contributed by atoms with E-state index in [4.69, 9.17) is 0 Å². The van der Waals surface area contributed by atoms with Gasteiger partial charge in [0.25, 0.3) is 0 Å². The molecule has 3 heterocycles. The van der Waals surface area contributed by atoms with Gasteiger partial charge >= 0.3 is 0 Å². The van der Waals surface area contributed by atoms with Crippen LogP contribution in [0.1, 0.15) is 40.8 Å². The maximum absolute atomic E-state index is 4.42. The van der Waals surface area contributed by atoms with Gasteiger partial charge in [0.2, 0.25) is 0 Å². The Balaban J connectivity index is 1.86. The van der Waals surface area contributed by atoms with E-state index in [1.165, 1.54) is 33.9 Å². The predicted molar refractivity (Wildman–Crippen MR) is 84.6 cm³/mol. The Kier molecular flexibility index (Phi) is 3.69. The standard InChI is InChI=1S/C16H23N3S/c1-12-8-14(20-13(12)2)10-19-11-18-9-15(19)16(3)4-6-17-7-5-16/h8-9,11,17H,4-7,10H2,1-3H3. The fourth-order valence-corrected chi connectivity index (χ4v) is 4.13. The molecule has 0 aliphatic carbocycles. The van der Waals surface area contributed by atoms with Gasteiger partial charge in [-0.3, -0.25) is 0 Å². The van der Waals surface area contributed by atoms with Gasteiger partial charge in [0.15, 0.2) is 0 Å². The summed E-state index contributed by atoms with van der Waals surface area (Å²) in [5.41, 5.74) is 3.06. The van der Waals surface area contributed by atoms with E-state index in [-0.39, 0.29) is 5.41 Å². The summed E-state index contributed by atoms with van der Waals surface area (Å²) in [5, 5.41) is 3.45. The Labute approximate surface area is 125 Å². The molecule has 3 rings (SSSR count). The first-order valence-corrected chi connectivity index (χ1v) is 8.17. The molecule has 1 N–H and O–H groups in total. The second kappa shape index (κ2) is 5.34. The topological polar surface area (TPSA) is 29.9 Å². The van der Waals surface area contributed by atoms with Gasteiger partial charge in [0.1, 0.15) is 0 Å². The van der Waals surface area contributed by atoms with Gasteiger partial charge in [0.05, 0.1) is 12.9 Å². The van der Waals surface area contributed by atoms with Crippen LogP contribution in [0.4, 0.5) is 0 Å². The Morgan fingerprint density at radius 2 is 2.10 bits per heavy atom. The van der Waals surface area contributed by atoms with Crippen molar-refractivity contribution in [3.05, 3.63) is 39.6 Å². The van der Waals surface area contributed by atoms with Crippen LogP contribution >= 0.6 is 11.3 Å². The Morgan fingerprint density at radius 1 is 1.35 bits per heavy atom. The lowest BCUT2D eigenvalue weighted by molar-refractivity contribution is 0.319. The average molecular weight is 289 g/mol. The molecule has 0 bridgehead atoms. The molecule has 20 heavy (non-hydrogen) atoms. The van der Waals surface area contributed by atoms with Crippen molar-refractivity contribution in [3.63, 3.8) is 0 Å². The molecule has 1 aliphatic rings. The molecule has 0 aromatic carbocycles. The van der Waals surface area contributed by atoms with Crippen molar-refractivity contribution in [2.75, 3.05) is 13.1 Å². The molecule has 0 spiro atoms. The number of nitrogens with zero attached hydrogens (tertiary/aromatic N) is 2. The first-order chi connectivity index (χ1) is 9.58. The Morgan fingerprint density at radius 3 is 2.75 bits per heavy atom. The summed E-state index contributed by atoms with van der Waals surface area (Å²) in [6, 6.07) is 2.31. The van der Waals surface area contributed by atoms with Gasteiger partial charge < -0.3 is 9.88 Å². The van der Waals surface area contributed by atoms with Crippen molar-refractivity contribution in [3.8, 4) is 0 Å². The minimum absolute atomic E-state index is 0.267. The van der Waals surface area contributed by atoms with E-state index in [1.807, 2.05) is 17.7 Å². The first kappa shape index (κ1) is 13.8. The second-order valence-electron chi connectivity index (χ2n) is 6.17. The van der Waals surface area contributed by atoms with Crippen LogP contribution in [-0.2, 0) is 12.0 Å². The molecule has 0 saturated carbocycles. The fraction of sp³-hybridized carbons (Fsp3) is 0.562. The third-order valence-electron chi connectivity index (χ3n) is 4.58. The lowest BCUT2D eigenvalue weighted by Crippen LogP contribution is -2.39. The highest BCUT2D eigenvalue weighted by Gasteiger charge is 2.31. The van der Waals surface area contributed by atoms with Crippen LogP contribution in [0.15, 0.2) is 18.6 Å². The highest BCUT2D eigenvalue weighted by molar-refractivity contribution is 7.12. The molecule has 2 aromatic rings. The third-order valence-corrected chi connectivity index (χ3v) is 5.72. The van der Waals surface area contributed by atoms with E-state index in [9.17, 15) is 0 Å². The molecule has 0 amide bonds. The zero-order valence-electron chi connectivity index (χ0n) is 12.6. The lowest BCUT2D eigenvalue weighted by atomic mass is 9.78. The molecule has 4 heteroatoms. The summed E-state index contributed by atoms with van der Waals surface area (Å²) < 4.78 is 2.34. The summed E-state index contributed by atoms with van der Waals surface area (Å²) in [5.74, 6) is 0. The van der Waals surface area contributed by atoms with E-state index in [0.717, 1.165) is 19.6 Å². The number of hydrogen-bond donors (Lipinski definition) is 1. The van der Waals surface area contributed by atoms with Crippen molar-refractivity contribution < 1.29 is 0 Å². The van der Waals surface area contributed by atoms with E-state index in [2.05, 4.69) is 47.9 Å². The SMILES string of the molecule is Cc1cc(Cn2cncc2C2(C)CCNCC2)sc1C. The highest BCUT2D eigenvalue weighted by Crippen LogP contribution is 2.33. The highest BCUT2D eigenvalue weighted by atomic mass is 32.1. The van der Waals surface area contributed by atoms with Gasteiger partial charge in [0, 0.05) is 27.1 Å². The number of thiophene rings is 1. The van der Waals surface area contributed by atoms with Crippen LogP contribution in [0, 0.1) is 13.8 Å². The summed E-state index contributed by atoms with van der Waals surface area (Å²) >= 11 is 1.91. The molecule has 1 saturated heterocycles. The van der Waals surface area contributed by atoms with Crippen LogP contribution in [0.5, 0.6) is 0 Å². The van der Waals surface area contributed by atoms with Crippen molar-refractivity contribution in [1.82, 2.24) is 14.9 Å². The molecule has 1 fully saturated rings.